The lowest BCUT2D eigenvalue weighted by atomic mass is 10.1. The van der Waals surface area contributed by atoms with E-state index in [1.54, 1.807) is 12.3 Å². The van der Waals surface area contributed by atoms with Crippen molar-refractivity contribution in [3.8, 4) is 5.88 Å². The molecule has 6 heteroatoms. The summed E-state index contributed by atoms with van der Waals surface area (Å²) in [4.78, 5) is 3.90. The minimum absolute atomic E-state index is 0.205. The summed E-state index contributed by atoms with van der Waals surface area (Å²) in [6, 6.07) is 3.84. The average molecular weight is 272 g/mol. The molecule has 106 valence electrons. The Morgan fingerprint density at radius 1 is 1.58 bits per heavy atom. The lowest BCUT2D eigenvalue weighted by molar-refractivity contribution is 0.0795. The quantitative estimate of drug-likeness (QED) is 0.860. The number of alkyl halides is 2. The van der Waals surface area contributed by atoms with Gasteiger partial charge in [0, 0.05) is 31.5 Å². The van der Waals surface area contributed by atoms with E-state index < -0.39 is 13.0 Å². The summed E-state index contributed by atoms with van der Waals surface area (Å²) >= 11 is 0. The Hall–Kier alpha value is -1.27. The lowest BCUT2D eigenvalue weighted by Crippen LogP contribution is -2.34. The largest absolute Gasteiger partial charge is 0.472 e. The van der Waals surface area contributed by atoms with Crippen molar-refractivity contribution in [2.24, 2.45) is 0 Å². The van der Waals surface area contributed by atoms with Gasteiger partial charge in [0.1, 0.15) is 0 Å². The normalized spacial score (nSPS) is 22.9. The molecule has 1 saturated heterocycles. The molecule has 2 atom stereocenters. The van der Waals surface area contributed by atoms with Gasteiger partial charge in [-0.2, -0.15) is 0 Å². The first kappa shape index (κ1) is 14.1. The molecule has 2 heterocycles. The Kier molecular flexibility index (Phi) is 5.04. The van der Waals surface area contributed by atoms with Gasteiger partial charge in [0.05, 0.1) is 6.10 Å². The van der Waals surface area contributed by atoms with Gasteiger partial charge in [0.25, 0.3) is 6.43 Å². The molecular weight excluding hydrogens is 254 g/mol. The van der Waals surface area contributed by atoms with Crippen molar-refractivity contribution < 1.29 is 18.3 Å². The molecule has 1 aromatic heterocycles. The van der Waals surface area contributed by atoms with E-state index >= 15 is 0 Å². The van der Waals surface area contributed by atoms with Crippen molar-refractivity contribution in [3.63, 3.8) is 0 Å². The predicted molar refractivity (Wildman–Crippen MR) is 66.4 cm³/mol. The van der Waals surface area contributed by atoms with Gasteiger partial charge in [0.2, 0.25) is 5.88 Å². The third-order valence-corrected chi connectivity index (χ3v) is 3.10. The fraction of sp³-hybridized carbons (Fsp3) is 0.615. The number of hydrogen-bond acceptors (Lipinski definition) is 4. The van der Waals surface area contributed by atoms with Crippen LogP contribution in [-0.4, -0.2) is 36.8 Å². The fourth-order valence-electron chi connectivity index (χ4n) is 2.04. The number of ether oxygens (including phenoxy) is 2. The van der Waals surface area contributed by atoms with Crippen LogP contribution in [0.4, 0.5) is 8.78 Å². The minimum atomic E-state index is -2.49. The highest BCUT2D eigenvalue weighted by atomic mass is 19.3. The molecular formula is C13H18F2N2O2. The SMILES string of the molecule is CC1OCCC1NCc1ccnc(OCC(F)F)c1. The third kappa shape index (κ3) is 4.40. The molecule has 2 unspecified atom stereocenters. The summed E-state index contributed by atoms with van der Waals surface area (Å²) < 4.78 is 34.4. The van der Waals surface area contributed by atoms with E-state index in [2.05, 4.69) is 10.3 Å². The smallest absolute Gasteiger partial charge is 0.272 e. The van der Waals surface area contributed by atoms with Crippen LogP contribution in [-0.2, 0) is 11.3 Å². The summed E-state index contributed by atoms with van der Waals surface area (Å²) in [5, 5.41) is 3.38. The van der Waals surface area contributed by atoms with Crippen LogP contribution in [0.5, 0.6) is 5.88 Å². The molecule has 1 N–H and O–H groups in total. The minimum Gasteiger partial charge on any atom is -0.472 e. The molecule has 0 spiro atoms. The Balaban J connectivity index is 1.84. The number of rotatable bonds is 6. The molecule has 4 nitrogen and oxygen atoms in total. The van der Waals surface area contributed by atoms with Gasteiger partial charge < -0.3 is 14.8 Å². The number of hydrogen-bond donors (Lipinski definition) is 1. The first-order chi connectivity index (χ1) is 9.15. The van der Waals surface area contributed by atoms with E-state index in [0.29, 0.717) is 12.6 Å². The van der Waals surface area contributed by atoms with Crippen LogP contribution >= 0.6 is 0 Å². The van der Waals surface area contributed by atoms with E-state index in [1.807, 2.05) is 13.0 Å². The lowest BCUT2D eigenvalue weighted by Gasteiger charge is -2.16. The molecule has 0 aliphatic carbocycles. The number of halogens is 2. The molecule has 1 aliphatic rings. The molecule has 2 rings (SSSR count). The summed E-state index contributed by atoms with van der Waals surface area (Å²) in [6.45, 7) is 2.83. The highest BCUT2D eigenvalue weighted by Gasteiger charge is 2.23. The van der Waals surface area contributed by atoms with Crippen LogP contribution in [0.3, 0.4) is 0 Å². The van der Waals surface area contributed by atoms with Gasteiger partial charge in [-0.25, -0.2) is 13.8 Å². The van der Waals surface area contributed by atoms with Gasteiger partial charge >= 0.3 is 0 Å². The molecule has 0 bridgehead atoms. The molecule has 0 amide bonds. The molecule has 19 heavy (non-hydrogen) atoms. The van der Waals surface area contributed by atoms with Crippen molar-refractivity contribution >= 4 is 0 Å². The zero-order valence-corrected chi connectivity index (χ0v) is 10.8. The molecule has 1 aliphatic heterocycles. The van der Waals surface area contributed by atoms with Crippen molar-refractivity contribution in [1.29, 1.82) is 0 Å². The van der Waals surface area contributed by atoms with Crippen molar-refractivity contribution in [2.45, 2.75) is 38.5 Å². The Bertz CT molecular complexity index is 404. The monoisotopic (exact) mass is 272 g/mol. The van der Waals surface area contributed by atoms with Crippen LogP contribution in [0.1, 0.15) is 18.9 Å². The first-order valence-corrected chi connectivity index (χ1v) is 6.36. The molecule has 1 fully saturated rings. The van der Waals surface area contributed by atoms with Gasteiger partial charge in [-0.05, 0) is 25.0 Å². The van der Waals surface area contributed by atoms with Crippen LogP contribution in [0.2, 0.25) is 0 Å². The van der Waals surface area contributed by atoms with Crippen LogP contribution < -0.4 is 10.1 Å². The summed E-state index contributed by atoms with van der Waals surface area (Å²) in [7, 11) is 0. The van der Waals surface area contributed by atoms with Crippen LogP contribution in [0, 0.1) is 0 Å². The second-order valence-corrected chi connectivity index (χ2v) is 4.56. The summed E-state index contributed by atoms with van der Waals surface area (Å²) in [5.41, 5.74) is 0.957. The zero-order valence-electron chi connectivity index (χ0n) is 10.8. The fourth-order valence-corrected chi connectivity index (χ4v) is 2.04. The molecule has 0 aromatic carbocycles. The number of pyridine rings is 1. The highest BCUT2D eigenvalue weighted by molar-refractivity contribution is 5.20. The van der Waals surface area contributed by atoms with Crippen molar-refractivity contribution in [3.05, 3.63) is 23.9 Å². The Morgan fingerprint density at radius 2 is 2.42 bits per heavy atom. The van der Waals surface area contributed by atoms with E-state index in [1.165, 1.54) is 0 Å². The maximum atomic E-state index is 12.0. The van der Waals surface area contributed by atoms with Gasteiger partial charge in [-0.1, -0.05) is 0 Å². The Morgan fingerprint density at radius 3 is 3.11 bits per heavy atom. The second kappa shape index (κ2) is 6.77. The van der Waals surface area contributed by atoms with Crippen LogP contribution in [0.15, 0.2) is 18.3 Å². The third-order valence-electron chi connectivity index (χ3n) is 3.10. The van der Waals surface area contributed by atoms with Gasteiger partial charge in [0.15, 0.2) is 6.61 Å². The van der Waals surface area contributed by atoms with E-state index in [-0.39, 0.29) is 12.0 Å². The molecule has 1 aromatic rings. The van der Waals surface area contributed by atoms with Crippen molar-refractivity contribution in [2.75, 3.05) is 13.2 Å². The summed E-state index contributed by atoms with van der Waals surface area (Å²) in [6.07, 6.45) is 0.268. The zero-order chi connectivity index (χ0) is 13.7. The maximum absolute atomic E-state index is 12.0. The van der Waals surface area contributed by atoms with Gasteiger partial charge in [-0.15, -0.1) is 0 Å². The second-order valence-electron chi connectivity index (χ2n) is 4.56. The highest BCUT2D eigenvalue weighted by Crippen LogP contribution is 2.15. The van der Waals surface area contributed by atoms with E-state index in [4.69, 9.17) is 9.47 Å². The van der Waals surface area contributed by atoms with Gasteiger partial charge in [-0.3, -0.25) is 0 Å². The van der Waals surface area contributed by atoms with E-state index in [0.717, 1.165) is 18.6 Å². The standard InChI is InChI=1S/C13H18F2N2O2/c1-9-11(3-5-18-9)17-7-10-2-4-16-13(6-10)19-8-12(14)15/h2,4,6,9,11-12,17H,3,5,7-8H2,1H3. The average Bonchev–Trinajstić information content (AvgIpc) is 2.80. The molecule has 0 saturated carbocycles. The number of nitrogens with zero attached hydrogens (tertiary/aromatic N) is 1. The molecule has 0 radical (unpaired) electrons. The van der Waals surface area contributed by atoms with E-state index in [9.17, 15) is 8.78 Å². The first-order valence-electron chi connectivity index (χ1n) is 6.36. The Labute approximate surface area is 111 Å². The number of nitrogens with one attached hydrogen (secondary N) is 1. The number of aromatic nitrogens is 1. The maximum Gasteiger partial charge on any atom is 0.272 e. The van der Waals surface area contributed by atoms with Crippen LogP contribution in [0.25, 0.3) is 0 Å². The topological polar surface area (TPSA) is 43.4 Å². The predicted octanol–water partition coefficient (Wildman–Crippen LogP) is 1.99. The van der Waals surface area contributed by atoms with Crippen molar-refractivity contribution in [1.82, 2.24) is 10.3 Å². The summed E-state index contributed by atoms with van der Waals surface area (Å²) in [5.74, 6) is 0.232.